The molecule has 2 fully saturated rings. The molecule has 1 N–H and O–H groups in total. The van der Waals surface area contributed by atoms with E-state index in [2.05, 4.69) is 83.8 Å². The first-order chi connectivity index (χ1) is 8.00. The molecule has 1 saturated carbocycles. The second-order valence-corrected chi connectivity index (χ2v) is 9.46. The zero-order valence-corrected chi connectivity index (χ0v) is 16.8. The van der Waals surface area contributed by atoms with Crippen molar-refractivity contribution < 1.29 is 19.4 Å². The van der Waals surface area contributed by atoms with Crippen LogP contribution in [0.4, 0.5) is 0 Å². The van der Waals surface area contributed by atoms with Crippen molar-refractivity contribution in [1.29, 1.82) is 0 Å². The number of nitrogens with one attached hydrogen (secondary N) is 1. The Labute approximate surface area is 143 Å². The van der Waals surface area contributed by atoms with Crippen LogP contribution in [0.1, 0.15) is 32.1 Å². The zero-order valence-electron chi connectivity index (χ0n) is 10.2. The van der Waals surface area contributed by atoms with Crippen LogP contribution >= 0.6 is 45.7 Å². The fraction of sp³-hybridized carbons (Fsp3) is 0.900. The molecule has 1 saturated heterocycles. The fourth-order valence-corrected chi connectivity index (χ4v) is 3.63. The van der Waals surface area contributed by atoms with E-state index in [1.165, 1.54) is 36.2 Å². The van der Waals surface area contributed by atoms with Gasteiger partial charge in [0.25, 0.3) is 0 Å². The van der Waals surface area contributed by atoms with Gasteiger partial charge in [-0.05, 0) is 12.8 Å². The Morgan fingerprint density at radius 2 is 1.82 bits per heavy atom. The van der Waals surface area contributed by atoms with Crippen molar-refractivity contribution in [2.24, 2.45) is 0 Å². The topological polar surface area (TPSA) is 21.8 Å². The maximum Gasteiger partial charge on any atom is 0.0311 e. The van der Waals surface area contributed by atoms with Gasteiger partial charge in [-0.1, -0.05) is 19.3 Å². The van der Waals surface area contributed by atoms with Crippen molar-refractivity contribution in [3.63, 3.8) is 0 Å². The molecule has 0 amide bonds. The van der Waals surface area contributed by atoms with E-state index in [0.717, 1.165) is 12.7 Å². The molecule has 0 atom stereocenters. The van der Waals surface area contributed by atoms with Crippen LogP contribution in [0.15, 0.2) is 0 Å². The van der Waals surface area contributed by atoms with Gasteiger partial charge in [0.1, 0.15) is 0 Å². The minimum atomic E-state index is 0.861. The Morgan fingerprint density at radius 3 is 2.06 bits per heavy atom. The van der Waals surface area contributed by atoms with Crippen LogP contribution in [0.3, 0.4) is 0 Å². The van der Waals surface area contributed by atoms with Gasteiger partial charge >= 0.3 is 59.6 Å². The van der Waals surface area contributed by atoms with Gasteiger partial charge in [0.05, 0.1) is 0 Å². The molecule has 7 heteroatoms. The third-order valence-corrected chi connectivity index (χ3v) is 5.56. The molecule has 1 heterocycles. The maximum absolute atomic E-state index is 3.13. The molecule has 2 aliphatic rings. The van der Waals surface area contributed by atoms with E-state index in [-0.39, 0.29) is 0 Å². The minimum Gasteiger partial charge on any atom is -0.185 e. The monoisotopic (exact) mass is 645 g/mol. The largest absolute Gasteiger partial charge is 0.185 e. The van der Waals surface area contributed by atoms with Crippen molar-refractivity contribution in [3.8, 4) is 0 Å². The predicted molar refractivity (Wildman–Crippen MR) is 85.3 cm³/mol. The summed E-state index contributed by atoms with van der Waals surface area (Å²) in [6, 6.07) is 0.861. The molecule has 0 spiro atoms. The van der Waals surface area contributed by atoms with Gasteiger partial charge < -0.3 is 0 Å². The quantitative estimate of drug-likeness (QED) is 0.350. The fourth-order valence-electron chi connectivity index (χ4n) is 1.92. The SMILES string of the molecule is CN1CN(C)[C](=[Pt])N1.IN(I)C1CCCCC1. The standard InChI is InChI=1S/C6H11I2N.C4H9N3.Pt/c7-9(8)6-4-2-1-3-5-6;1-6-3-5-7(2)4-6;/h6H,1-5H2;5H,4H2,1-2H3;. The molecule has 17 heavy (non-hydrogen) atoms. The summed E-state index contributed by atoms with van der Waals surface area (Å²) >= 11 is 7.01. The van der Waals surface area contributed by atoms with Crippen LogP contribution in [-0.4, -0.2) is 42.2 Å². The number of rotatable bonds is 1. The zero-order chi connectivity index (χ0) is 12.8. The summed E-state index contributed by atoms with van der Waals surface area (Å²) in [6.45, 7) is 0.971. The summed E-state index contributed by atoms with van der Waals surface area (Å²) in [5.41, 5.74) is 3.13. The van der Waals surface area contributed by atoms with E-state index in [9.17, 15) is 0 Å². The Hall–Kier alpha value is 1.86. The van der Waals surface area contributed by atoms with Crippen molar-refractivity contribution in [3.05, 3.63) is 0 Å². The van der Waals surface area contributed by atoms with E-state index < -0.39 is 0 Å². The van der Waals surface area contributed by atoms with Gasteiger partial charge in [0, 0.05) is 51.8 Å². The Kier molecular flexibility index (Phi) is 8.87. The molecule has 0 radical (unpaired) electrons. The number of halogens is 2. The summed E-state index contributed by atoms with van der Waals surface area (Å²) in [5.74, 6) is 0. The van der Waals surface area contributed by atoms with Crippen molar-refractivity contribution >= 4 is 49.9 Å². The van der Waals surface area contributed by atoms with E-state index in [1.54, 1.807) is 0 Å². The number of nitrogens with zero attached hydrogens (tertiary/aromatic N) is 3. The molecular formula is C10H20I2N4Pt. The molecule has 104 valence electrons. The maximum atomic E-state index is 3.13. The first-order valence-electron chi connectivity index (χ1n) is 5.79. The minimum absolute atomic E-state index is 0.861. The second kappa shape index (κ2) is 8.92. The average Bonchev–Trinajstić information content (AvgIpc) is 2.58. The van der Waals surface area contributed by atoms with Gasteiger partial charge in [-0.25, -0.2) is 0 Å². The summed E-state index contributed by atoms with van der Waals surface area (Å²) in [4.78, 5) is 2.14. The summed E-state index contributed by atoms with van der Waals surface area (Å²) in [5, 5.41) is 2.03. The number of hydrazine groups is 1. The van der Waals surface area contributed by atoms with Gasteiger partial charge in [-0.2, -0.15) is 1.33 Å². The third-order valence-electron chi connectivity index (χ3n) is 2.86. The molecule has 4 nitrogen and oxygen atoms in total. The van der Waals surface area contributed by atoms with Gasteiger partial charge in [0.15, 0.2) is 0 Å². The van der Waals surface area contributed by atoms with Crippen LogP contribution in [0.5, 0.6) is 0 Å². The number of hydrogen-bond acceptors (Lipinski definition) is 4. The van der Waals surface area contributed by atoms with Crippen LogP contribution < -0.4 is 5.43 Å². The molecule has 1 aliphatic heterocycles. The van der Waals surface area contributed by atoms with Crippen molar-refractivity contribution in [2.75, 3.05) is 20.8 Å². The smallest absolute Gasteiger partial charge is 0.0311 e. The van der Waals surface area contributed by atoms with E-state index in [0.29, 0.717) is 0 Å². The predicted octanol–water partition coefficient (Wildman–Crippen LogP) is 2.28. The van der Waals surface area contributed by atoms with Crippen LogP contribution in [0.2, 0.25) is 0 Å². The van der Waals surface area contributed by atoms with Gasteiger partial charge in [-0.3, -0.25) is 0 Å². The molecule has 0 bridgehead atoms. The van der Waals surface area contributed by atoms with E-state index in [1.807, 2.05) is 12.1 Å². The first kappa shape index (κ1) is 16.9. The first-order valence-corrected chi connectivity index (χ1v) is 8.86. The molecule has 1 aliphatic carbocycles. The van der Waals surface area contributed by atoms with Crippen molar-refractivity contribution in [1.82, 2.24) is 16.7 Å². The Morgan fingerprint density at radius 1 is 1.24 bits per heavy atom. The average molecular weight is 645 g/mol. The van der Waals surface area contributed by atoms with Gasteiger partial charge in [-0.15, -0.1) is 0 Å². The number of hydrogen-bond donors (Lipinski definition) is 1. The molecule has 0 unspecified atom stereocenters. The third kappa shape index (κ3) is 6.72. The summed E-state index contributed by atoms with van der Waals surface area (Å²) in [6.07, 6.45) is 7.15. The molecule has 0 aromatic rings. The Bertz CT molecular complexity index is 246. The normalized spacial score (nSPS) is 24.1. The van der Waals surface area contributed by atoms with Crippen LogP contribution in [-0.2, 0) is 19.4 Å². The van der Waals surface area contributed by atoms with Crippen LogP contribution in [0, 0.1) is 0 Å². The van der Waals surface area contributed by atoms with E-state index >= 15 is 0 Å². The Balaban J connectivity index is 0.000000171. The molecule has 0 aromatic heterocycles. The summed E-state index contributed by atoms with van der Waals surface area (Å²) < 4.78 is 3.49. The second-order valence-electron chi connectivity index (χ2n) is 4.46. The van der Waals surface area contributed by atoms with Gasteiger partial charge in [0.2, 0.25) is 0 Å². The summed E-state index contributed by atoms with van der Waals surface area (Å²) in [7, 11) is 4.07. The molecular weight excluding hydrogens is 625 g/mol. The van der Waals surface area contributed by atoms with Crippen molar-refractivity contribution in [2.45, 2.75) is 38.1 Å². The van der Waals surface area contributed by atoms with Crippen LogP contribution in [0.25, 0.3) is 0 Å². The molecule has 0 aromatic carbocycles. The van der Waals surface area contributed by atoms with E-state index in [4.69, 9.17) is 0 Å². The molecule has 2 rings (SSSR count).